The number of para-hydroxylation sites is 1. The predicted molar refractivity (Wildman–Crippen MR) is 116 cm³/mol. The van der Waals surface area contributed by atoms with Gasteiger partial charge in [-0.2, -0.15) is 4.98 Å². The summed E-state index contributed by atoms with van der Waals surface area (Å²) in [7, 11) is 0. The first kappa shape index (κ1) is 19.3. The first-order valence-corrected chi connectivity index (χ1v) is 10.1. The number of anilines is 2. The minimum atomic E-state index is 0.0612. The number of ether oxygens (including phenoxy) is 1. The molecule has 0 amide bonds. The SMILES string of the molecule is Nc1ncc(-c2nc(N3CCOCC3)nc3c2ncn3-c2ccccc2CCO)cn1. The molecule has 4 heterocycles. The zero-order valence-corrected chi connectivity index (χ0v) is 16.8. The zero-order chi connectivity index (χ0) is 21.2. The highest BCUT2D eigenvalue weighted by molar-refractivity contribution is 5.89. The first-order valence-electron chi connectivity index (χ1n) is 10.1. The zero-order valence-electron chi connectivity index (χ0n) is 16.8. The maximum atomic E-state index is 9.49. The molecule has 0 radical (unpaired) electrons. The third-order valence-corrected chi connectivity index (χ3v) is 5.26. The number of morpholine rings is 1. The van der Waals surface area contributed by atoms with E-state index in [9.17, 15) is 5.11 Å². The highest BCUT2D eigenvalue weighted by atomic mass is 16.5. The molecule has 0 spiro atoms. The third-order valence-electron chi connectivity index (χ3n) is 5.26. The van der Waals surface area contributed by atoms with Crippen LogP contribution < -0.4 is 10.6 Å². The fourth-order valence-electron chi connectivity index (χ4n) is 3.71. The Balaban J connectivity index is 1.72. The average Bonchev–Trinajstić information content (AvgIpc) is 3.24. The van der Waals surface area contributed by atoms with Crippen LogP contribution in [0.4, 0.5) is 11.9 Å². The molecule has 3 N–H and O–H groups in total. The summed E-state index contributed by atoms with van der Waals surface area (Å²) < 4.78 is 7.42. The van der Waals surface area contributed by atoms with Crippen molar-refractivity contribution in [1.29, 1.82) is 0 Å². The van der Waals surface area contributed by atoms with Crippen molar-refractivity contribution in [3.8, 4) is 16.9 Å². The van der Waals surface area contributed by atoms with Crippen molar-refractivity contribution in [3.63, 3.8) is 0 Å². The summed E-state index contributed by atoms with van der Waals surface area (Å²) in [4.78, 5) is 24.6. The summed E-state index contributed by atoms with van der Waals surface area (Å²) in [5.41, 5.74) is 10.3. The molecule has 0 unspecified atom stereocenters. The van der Waals surface area contributed by atoms with E-state index in [1.54, 1.807) is 18.7 Å². The van der Waals surface area contributed by atoms with Gasteiger partial charge in [0.15, 0.2) is 5.65 Å². The molecule has 1 aliphatic rings. The standard InChI is InChI=1S/C21H22N8O2/c22-20-23-11-15(12-24-20)17-18-19(27-21(26-17)28-6-9-31-10-7-28)29(13-25-18)16-4-2-1-3-14(16)5-8-30/h1-4,11-13,30H,5-10H2,(H2,22,23,24). The lowest BCUT2D eigenvalue weighted by atomic mass is 10.1. The molecule has 1 saturated heterocycles. The molecule has 1 aliphatic heterocycles. The second-order valence-electron chi connectivity index (χ2n) is 7.19. The Morgan fingerprint density at radius 1 is 1.03 bits per heavy atom. The molecule has 5 rings (SSSR count). The Labute approximate surface area is 178 Å². The van der Waals surface area contributed by atoms with E-state index in [-0.39, 0.29) is 12.6 Å². The van der Waals surface area contributed by atoms with Gasteiger partial charge in [0, 0.05) is 37.7 Å². The van der Waals surface area contributed by atoms with Crippen LogP contribution in [-0.4, -0.2) is 67.5 Å². The van der Waals surface area contributed by atoms with E-state index in [1.165, 1.54) is 0 Å². The Bertz CT molecular complexity index is 1200. The molecule has 1 aromatic carbocycles. The third kappa shape index (κ3) is 3.66. The van der Waals surface area contributed by atoms with Gasteiger partial charge in [-0.25, -0.2) is 19.9 Å². The van der Waals surface area contributed by atoms with Gasteiger partial charge < -0.3 is 20.5 Å². The van der Waals surface area contributed by atoms with Crippen LogP contribution in [0.15, 0.2) is 43.0 Å². The first-order chi connectivity index (χ1) is 15.2. The molecule has 1 fully saturated rings. The van der Waals surface area contributed by atoms with Crippen LogP contribution in [0.2, 0.25) is 0 Å². The Hall–Kier alpha value is -3.63. The summed E-state index contributed by atoms with van der Waals surface area (Å²) >= 11 is 0. The molecule has 0 atom stereocenters. The lowest BCUT2D eigenvalue weighted by molar-refractivity contribution is 0.122. The van der Waals surface area contributed by atoms with Crippen LogP contribution in [-0.2, 0) is 11.2 Å². The van der Waals surface area contributed by atoms with Crippen molar-refractivity contribution in [2.24, 2.45) is 0 Å². The normalized spacial score (nSPS) is 14.3. The molecular weight excluding hydrogens is 396 g/mol. The smallest absolute Gasteiger partial charge is 0.228 e. The van der Waals surface area contributed by atoms with Crippen molar-refractivity contribution < 1.29 is 9.84 Å². The van der Waals surface area contributed by atoms with Crippen molar-refractivity contribution in [3.05, 3.63) is 48.5 Å². The molecule has 0 bridgehead atoms. The van der Waals surface area contributed by atoms with E-state index in [0.29, 0.717) is 61.1 Å². The molecule has 0 aliphatic carbocycles. The highest BCUT2D eigenvalue weighted by Crippen LogP contribution is 2.29. The molecule has 0 saturated carbocycles. The van der Waals surface area contributed by atoms with Crippen LogP contribution in [0.1, 0.15) is 5.56 Å². The van der Waals surface area contributed by atoms with E-state index < -0.39 is 0 Å². The molecule has 3 aromatic heterocycles. The van der Waals surface area contributed by atoms with Crippen LogP contribution in [0.3, 0.4) is 0 Å². The summed E-state index contributed by atoms with van der Waals surface area (Å²) in [5.74, 6) is 0.801. The van der Waals surface area contributed by atoms with Gasteiger partial charge in [0.25, 0.3) is 0 Å². The number of benzene rings is 1. The highest BCUT2D eigenvalue weighted by Gasteiger charge is 2.21. The monoisotopic (exact) mass is 418 g/mol. The van der Waals surface area contributed by atoms with Crippen molar-refractivity contribution in [2.45, 2.75) is 6.42 Å². The van der Waals surface area contributed by atoms with Crippen LogP contribution in [0.25, 0.3) is 28.1 Å². The Morgan fingerprint density at radius 3 is 2.58 bits per heavy atom. The van der Waals surface area contributed by atoms with Crippen molar-refractivity contribution >= 4 is 23.1 Å². The molecular formula is C21H22N8O2. The predicted octanol–water partition coefficient (Wildman–Crippen LogP) is 1.23. The van der Waals surface area contributed by atoms with E-state index in [1.807, 2.05) is 28.8 Å². The van der Waals surface area contributed by atoms with Gasteiger partial charge in [-0.15, -0.1) is 0 Å². The molecule has 4 aromatic rings. The number of aliphatic hydroxyl groups is 1. The van der Waals surface area contributed by atoms with E-state index in [4.69, 9.17) is 20.4 Å². The molecule has 31 heavy (non-hydrogen) atoms. The second kappa shape index (κ2) is 8.25. The molecule has 10 nitrogen and oxygen atoms in total. The van der Waals surface area contributed by atoms with Crippen molar-refractivity contribution in [1.82, 2.24) is 29.5 Å². The maximum Gasteiger partial charge on any atom is 0.228 e. The fraction of sp³-hybridized carbons (Fsp3) is 0.286. The fourth-order valence-corrected chi connectivity index (χ4v) is 3.71. The molecule has 10 heteroatoms. The van der Waals surface area contributed by atoms with Gasteiger partial charge >= 0.3 is 0 Å². The number of aliphatic hydroxyl groups excluding tert-OH is 1. The number of nitrogens with two attached hydrogens (primary N) is 1. The van der Waals surface area contributed by atoms with Crippen LogP contribution in [0, 0.1) is 0 Å². The Kier molecular flexibility index (Phi) is 5.14. The second-order valence-corrected chi connectivity index (χ2v) is 7.19. The van der Waals surface area contributed by atoms with Gasteiger partial charge in [0.05, 0.1) is 18.9 Å². The van der Waals surface area contributed by atoms with Crippen molar-refractivity contribution in [2.75, 3.05) is 43.5 Å². The van der Waals surface area contributed by atoms with Gasteiger partial charge in [-0.3, -0.25) is 4.57 Å². The topological polar surface area (TPSA) is 128 Å². The summed E-state index contributed by atoms with van der Waals surface area (Å²) in [6, 6.07) is 7.91. The van der Waals surface area contributed by atoms with Crippen LogP contribution >= 0.6 is 0 Å². The number of hydrogen-bond donors (Lipinski definition) is 2. The summed E-state index contributed by atoms with van der Waals surface area (Å²) in [6.45, 7) is 2.73. The minimum Gasteiger partial charge on any atom is -0.396 e. The van der Waals surface area contributed by atoms with Gasteiger partial charge in [0.2, 0.25) is 11.9 Å². The average molecular weight is 418 g/mol. The maximum absolute atomic E-state index is 9.49. The van der Waals surface area contributed by atoms with E-state index in [2.05, 4.69) is 19.9 Å². The number of imidazole rings is 1. The minimum absolute atomic E-state index is 0.0612. The van der Waals surface area contributed by atoms with E-state index in [0.717, 1.165) is 11.3 Å². The van der Waals surface area contributed by atoms with E-state index >= 15 is 0 Å². The number of rotatable bonds is 5. The Morgan fingerprint density at radius 2 is 1.81 bits per heavy atom. The number of nitrogens with zero attached hydrogens (tertiary/aromatic N) is 7. The number of fused-ring (bicyclic) bond motifs is 1. The number of nitrogen functional groups attached to an aromatic ring is 1. The number of hydrogen-bond acceptors (Lipinski definition) is 9. The quantitative estimate of drug-likeness (QED) is 0.492. The number of aromatic nitrogens is 6. The lowest BCUT2D eigenvalue weighted by Crippen LogP contribution is -2.37. The van der Waals surface area contributed by atoms with Gasteiger partial charge in [0.1, 0.15) is 17.5 Å². The van der Waals surface area contributed by atoms with Gasteiger partial charge in [-0.05, 0) is 18.1 Å². The largest absolute Gasteiger partial charge is 0.396 e. The molecule has 158 valence electrons. The summed E-state index contributed by atoms with van der Waals surface area (Å²) in [6.07, 6.45) is 5.56. The van der Waals surface area contributed by atoms with Gasteiger partial charge in [-0.1, -0.05) is 18.2 Å². The lowest BCUT2D eigenvalue weighted by Gasteiger charge is -2.27. The van der Waals surface area contributed by atoms with Crippen LogP contribution in [0.5, 0.6) is 0 Å². The summed E-state index contributed by atoms with van der Waals surface area (Å²) in [5, 5.41) is 9.49.